The van der Waals surface area contributed by atoms with Gasteiger partial charge in [0.1, 0.15) is 5.69 Å². The van der Waals surface area contributed by atoms with E-state index in [4.69, 9.17) is 0 Å². The molecule has 0 saturated carbocycles. The van der Waals surface area contributed by atoms with Gasteiger partial charge < -0.3 is 14.6 Å². The van der Waals surface area contributed by atoms with Crippen molar-refractivity contribution in [3.05, 3.63) is 102 Å². The molecule has 5 heteroatoms. The number of carbonyl (C=O) groups is 2. The number of anilines is 1. The molecule has 144 valence electrons. The quantitative estimate of drug-likeness (QED) is 0.544. The van der Waals surface area contributed by atoms with Crippen LogP contribution in [-0.4, -0.2) is 28.6 Å². The van der Waals surface area contributed by atoms with E-state index in [9.17, 15) is 14.7 Å². The summed E-state index contributed by atoms with van der Waals surface area (Å²) in [6, 6.07) is 26.2. The van der Waals surface area contributed by atoms with Crippen LogP contribution in [0.1, 0.15) is 26.4 Å². The van der Waals surface area contributed by atoms with Crippen molar-refractivity contribution in [3.63, 3.8) is 0 Å². The fourth-order valence-corrected chi connectivity index (χ4v) is 3.61. The highest BCUT2D eigenvalue weighted by atomic mass is 16.4. The lowest BCUT2D eigenvalue weighted by atomic mass is 10.1. The highest BCUT2D eigenvalue weighted by Crippen LogP contribution is 2.29. The molecule has 0 aliphatic heterocycles. The van der Waals surface area contributed by atoms with E-state index in [0.717, 1.165) is 11.1 Å². The average molecular weight is 384 g/mol. The maximum absolute atomic E-state index is 13.4. The van der Waals surface area contributed by atoms with Crippen LogP contribution in [0.25, 0.3) is 10.9 Å². The van der Waals surface area contributed by atoms with E-state index in [1.165, 1.54) is 4.90 Å². The highest BCUT2D eigenvalue weighted by Gasteiger charge is 2.29. The summed E-state index contributed by atoms with van der Waals surface area (Å²) >= 11 is 0. The van der Waals surface area contributed by atoms with Crippen molar-refractivity contribution in [2.45, 2.75) is 6.54 Å². The van der Waals surface area contributed by atoms with E-state index in [0.29, 0.717) is 17.6 Å². The van der Waals surface area contributed by atoms with Gasteiger partial charge in [0.15, 0.2) is 0 Å². The maximum atomic E-state index is 13.4. The summed E-state index contributed by atoms with van der Waals surface area (Å²) in [5.74, 6) is -1.47. The van der Waals surface area contributed by atoms with Crippen molar-refractivity contribution in [1.29, 1.82) is 0 Å². The average Bonchev–Trinajstić information content (AvgIpc) is 3.08. The van der Waals surface area contributed by atoms with E-state index in [2.05, 4.69) is 0 Å². The zero-order chi connectivity index (χ0) is 20.4. The van der Waals surface area contributed by atoms with Crippen molar-refractivity contribution in [2.24, 2.45) is 0 Å². The molecule has 0 spiro atoms. The van der Waals surface area contributed by atoms with Gasteiger partial charge in [0.25, 0.3) is 5.91 Å². The van der Waals surface area contributed by atoms with Gasteiger partial charge in [-0.3, -0.25) is 4.79 Å². The Kier molecular flexibility index (Phi) is 4.87. The van der Waals surface area contributed by atoms with E-state index in [-0.39, 0.29) is 17.2 Å². The van der Waals surface area contributed by atoms with E-state index in [1.54, 1.807) is 17.7 Å². The third-order valence-electron chi connectivity index (χ3n) is 5.02. The first kappa shape index (κ1) is 18.5. The summed E-state index contributed by atoms with van der Waals surface area (Å²) in [6.07, 6.45) is 0. The number of para-hydroxylation sites is 2. The van der Waals surface area contributed by atoms with Gasteiger partial charge in [0.05, 0.1) is 5.56 Å². The summed E-state index contributed by atoms with van der Waals surface area (Å²) in [4.78, 5) is 27.2. The molecular weight excluding hydrogens is 364 g/mol. The minimum absolute atomic E-state index is 0.00262. The Morgan fingerprint density at radius 2 is 1.45 bits per heavy atom. The Bertz CT molecular complexity index is 1180. The Hall–Kier alpha value is -3.86. The molecule has 0 radical (unpaired) electrons. The molecule has 0 saturated heterocycles. The number of hydrogen-bond donors (Lipinski definition) is 1. The summed E-state index contributed by atoms with van der Waals surface area (Å²) in [5.41, 5.74) is 2.59. The summed E-state index contributed by atoms with van der Waals surface area (Å²) in [7, 11) is 1.66. The minimum Gasteiger partial charge on any atom is -0.477 e. The fraction of sp³-hybridized carbons (Fsp3) is 0.0833. The summed E-state index contributed by atoms with van der Waals surface area (Å²) < 4.78 is 1.71. The zero-order valence-electron chi connectivity index (χ0n) is 15.9. The van der Waals surface area contributed by atoms with Crippen molar-refractivity contribution in [3.8, 4) is 0 Å². The molecule has 29 heavy (non-hydrogen) atoms. The van der Waals surface area contributed by atoms with Crippen molar-refractivity contribution in [1.82, 2.24) is 4.57 Å². The molecule has 0 aliphatic rings. The Morgan fingerprint density at radius 3 is 2.10 bits per heavy atom. The monoisotopic (exact) mass is 384 g/mol. The Balaban J connectivity index is 1.91. The molecule has 0 aliphatic carbocycles. The number of benzene rings is 3. The molecular formula is C24H20N2O3. The second-order valence-electron chi connectivity index (χ2n) is 6.82. The molecule has 5 nitrogen and oxygen atoms in total. The largest absolute Gasteiger partial charge is 0.477 e. The normalized spacial score (nSPS) is 10.8. The predicted molar refractivity (Wildman–Crippen MR) is 114 cm³/mol. The number of carbonyl (C=O) groups excluding carboxylic acids is 1. The second kappa shape index (κ2) is 7.64. The number of hydrogen-bond acceptors (Lipinski definition) is 2. The van der Waals surface area contributed by atoms with Crippen LogP contribution in [0.5, 0.6) is 0 Å². The number of nitrogens with zero attached hydrogens (tertiary/aromatic N) is 2. The molecule has 1 aromatic heterocycles. The molecule has 0 atom stereocenters. The van der Waals surface area contributed by atoms with Gasteiger partial charge in [-0.05, 0) is 23.8 Å². The number of carboxylic acids is 1. The maximum Gasteiger partial charge on any atom is 0.353 e. The van der Waals surface area contributed by atoms with Gasteiger partial charge in [-0.25, -0.2) is 4.79 Å². The number of aromatic carboxylic acids is 1. The van der Waals surface area contributed by atoms with Crippen LogP contribution in [0.2, 0.25) is 0 Å². The topological polar surface area (TPSA) is 62.5 Å². The first-order chi connectivity index (χ1) is 14.1. The fourth-order valence-electron chi connectivity index (χ4n) is 3.61. The molecule has 4 rings (SSSR count). The molecule has 3 aromatic carbocycles. The standard InChI is InChI=1S/C24H20N2O3/c1-25(18-12-6-3-7-13-18)23(27)21-19-14-8-9-15-20(19)26(22(21)24(28)29)16-17-10-4-2-5-11-17/h2-15H,16H2,1H3,(H,28,29). The summed E-state index contributed by atoms with van der Waals surface area (Å²) in [6.45, 7) is 0.366. The van der Waals surface area contributed by atoms with E-state index < -0.39 is 5.97 Å². The third kappa shape index (κ3) is 3.38. The molecule has 0 bridgehead atoms. The number of rotatable bonds is 5. The Morgan fingerprint density at radius 1 is 0.862 bits per heavy atom. The van der Waals surface area contributed by atoms with Crippen LogP contribution in [0.4, 0.5) is 5.69 Å². The lowest BCUT2D eigenvalue weighted by Gasteiger charge is -2.17. The van der Waals surface area contributed by atoms with Gasteiger partial charge in [-0.1, -0.05) is 66.7 Å². The van der Waals surface area contributed by atoms with Crippen LogP contribution < -0.4 is 4.90 Å². The number of amides is 1. The van der Waals surface area contributed by atoms with Crippen LogP contribution in [0.3, 0.4) is 0 Å². The van der Waals surface area contributed by atoms with Gasteiger partial charge in [-0.15, -0.1) is 0 Å². The van der Waals surface area contributed by atoms with Crippen LogP contribution in [0.15, 0.2) is 84.9 Å². The first-order valence-electron chi connectivity index (χ1n) is 9.29. The minimum atomic E-state index is -1.12. The smallest absolute Gasteiger partial charge is 0.353 e. The lowest BCUT2D eigenvalue weighted by Crippen LogP contribution is -2.28. The molecule has 1 N–H and O–H groups in total. The number of fused-ring (bicyclic) bond motifs is 1. The molecule has 0 unspecified atom stereocenters. The van der Waals surface area contributed by atoms with Gasteiger partial charge in [0, 0.05) is 30.2 Å². The van der Waals surface area contributed by atoms with Crippen LogP contribution in [-0.2, 0) is 6.54 Å². The molecule has 1 amide bonds. The van der Waals surface area contributed by atoms with Crippen molar-refractivity contribution in [2.75, 3.05) is 11.9 Å². The SMILES string of the molecule is CN(C(=O)c1c(C(=O)O)n(Cc2ccccc2)c2ccccc12)c1ccccc1. The van der Waals surface area contributed by atoms with Crippen molar-refractivity contribution >= 4 is 28.5 Å². The lowest BCUT2D eigenvalue weighted by molar-refractivity contribution is 0.0681. The van der Waals surface area contributed by atoms with Gasteiger partial charge in [0.2, 0.25) is 0 Å². The zero-order valence-corrected chi connectivity index (χ0v) is 15.9. The predicted octanol–water partition coefficient (Wildman–Crippen LogP) is 4.66. The highest BCUT2D eigenvalue weighted by molar-refractivity contribution is 6.19. The Labute approximate surface area is 168 Å². The van der Waals surface area contributed by atoms with Gasteiger partial charge in [-0.2, -0.15) is 0 Å². The molecule has 0 fully saturated rings. The van der Waals surface area contributed by atoms with Crippen molar-refractivity contribution < 1.29 is 14.7 Å². The van der Waals surface area contributed by atoms with Crippen LogP contribution >= 0.6 is 0 Å². The van der Waals surface area contributed by atoms with Crippen LogP contribution in [0, 0.1) is 0 Å². The molecule has 4 aromatic rings. The third-order valence-corrected chi connectivity index (χ3v) is 5.02. The van der Waals surface area contributed by atoms with E-state index >= 15 is 0 Å². The summed E-state index contributed by atoms with van der Waals surface area (Å²) in [5, 5.41) is 10.7. The van der Waals surface area contributed by atoms with Gasteiger partial charge >= 0.3 is 5.97 Å². The number of aromatic nitrogens is 1. The first-order valence-corrected chi connectivity index (χ1v) is 9.29. The van der Waals surface area contributed by atoms with E-state index in [1.807, 2.05) is 78.9 Å². The molecule has 1 heterocycles. The number of carboxylic acid groups (broad SMARTS) is 1. The second-order valence-corrected chi connectivity index (χ2v) is 6.82.